The molecule has 220 valence electrons. The number of primary amides is 1. The van der Waals surface area contributed by atoms with E-state index in [9.17, 15) is 18.8 Å². The van der Waals surface area contributed by atoms with Crippen LogP contribution in [0, 0.1) is 11.7 Å². The summed E-state index contributed by atoms with van der Waals surface area (Å²) in [6.45, 7) is 2.59. The number of hydrogen-bond donors (Lipinski definition) is 2. The number of nitrogens with two attached hydrogens (primary N) is 1. The fraction of sp³-hybridized carbons (Fsp3) is 0.364. The highest BCUT2D eigenvalue weighted by atomic mass is 19.1. The number of nitrogens with one attached hydrogen (secondary N) is 1. The third-order valence-electron chi connectivity index (χ3n) is 8.21. The Bertz CT molecular complexity index is 1360. The van der Waals surface area contributed by atoms with Crippen LogP contribution in [0.2, 0.25) is 0 Å². The van der Waals surface area contributed by atoms with Gasteiger partial charge in [0.15, 0.2) is 0 Å². The number of carbonyl (C=O) groups is 3. The van der Waals surface area contributed by atoms with Gasteiger partial charge in [0.1, 0.15) is 11.9 Å². The van der Waals surface area contributed by atoms with Crippen molar-refractivity contribution in [3.8, 4) is 0 Å². The van der Waals surface area contributed by atoms with Crippen LogP contribution in [0.15, 0.2) is 78.9 Å². The maximum atomic E-state index is 13.5. The Hall–Kier alpha value is -4.24. The molecule has 3 aromatic rings. The van der Waals surface area contributed by atoms with Crippen molar-refractivity contribution in [3.05, 3.63) is 101 Å². The smallest absolute Gasteiger partial charge is 0.324 e. The van der Waals surface area contributed by atoms with Gasteiger partial charge in [-0.2, -0.15) is 0 Å². The molecule has 1 saturated carbocycles. The lowest BCUT2D eigenvalue weighted by Gasteiger charge is -2.33. The van der Waals surface area contributed by atoms with Gasteiger partial charge in [0.2, 0.25) is 11.8 Å². The van der Waals surface area contributed by atoms with E-state index >= 15 is 0 Å². The van der Waals surface area contributed by atoms with Gasteiger partial charge in [0.25, 0.3) is 0 Å². The van der Waals surface area contributed by atoms with Crippen LogP contribution in [-0.4, -0.2) is 49.0 Å². The van der Waals surface area contributed by atoms with Gasteiger partial charge in [-0.15, -0.1) is 0 Å². The normalized spacial score (nSPS) is 19.5. The van der Waals surface area contributed by atoms with E-state index in [0.29, 0.717) is 44.8 Å². The molecule has 2 aliphatic rings. The Balaban J connectivity index is 1.31. The van der Waals surface area contributed by atoms with Crippen molar-refractivity contribution in [1.29, 1.82) is 0 Å². The van der Waals surface area contributed by atoms with Gasteiger partial charge < -0.3 is 20.7 Å². The van der Waals surface area contributed by atoms with Gasteiger partial charge in [-0.05, 0) is 59.7 Å². The molecule has 3 aromatic carbocycles. The number of para-hydroxylation sites is 1. The Morgan fingerprint density at radius 3 is 2.26 bits per heavy atom. The standard InChI is InChI=1S/C33H37FN4O4/c34-26-16-14-25(15-17-26)30(31(35)39)36-32(40)29-9-5-4-8-28(29)24-12-10-23(11-13-24)22-38(27-6-2-1-3-7-27)33(41)37-18-20-42-21-19-37/h1-3,6-7,10-17,28-30H,4-5,8-9,18-22H2,(H2,35,39)(H,36,40)/t28-,29+,30-/m0/s1. The fourth-order valence-electron chi connectivity index (χ4n) is 5.92. The van der Waals surface area contributed by atoms with E-state index in [4.69, 9.17) is 10.5 Å². The molecule has 9 heteroatoms. The van der Waals surface area contributed by atoms with Crippen molar-refractivity contribution in [2.45, 2.75) is 44.2 Å². The first-order valence-electron chi connectivity index (χ1n) is 14.5. The molecule has 0 unspecified atom stereocenters. The van der Waals surface area contributed by atoms with Crippen molar-refractivity contribution < 1.29 is 23.5 Å². The highest BCUT2D eigenvalue weighted by molar-refractivity contribution is 5.92. The number of halogens is 1. The summed E-state index contributed by atoms with van der Waals surface area (Å²) in [5.74, 6) is -1.70. The summed E-state index contributed by atoms with van der Waals surface area (Å²) in [5.41, 5.74) is 8.91. The average molecular weight is 573 g/mol. The van der Waals surface area contributed by atoms with Gasteiger partial charge in [0, 0.05) is 24.7 Å². The molecule has 42 heavy (non-hydrogen) atoms. The van der Waals surface area contributed by atoms with Crippen molar-refractivity contribution in [3.63, 3.8) is 0 Å². The first-order chi connectivity index (χ1) is 20.4. The van der Waals surface area contributed by atoms with E-state index in [1.807, 2.05) is 59.5 Å². The monoisotopic (exact) mass is 572 g/mol. The van der Waals surface area contributed by atoms with Crippen LogP contribution in [0.1, 0.15) is 54.3 Å². The highest BCUT2D eigenvalue weighted by Crippen LogP contribution is 2.38. The van der Waals surface area contributed by atoms with Crippen molar-refractivity contribution in [2.75, 3.05) is 31.2 Å². The number of morpholine rings is 1. The molecular formula is C33H37FN4O4. The molecule has 1 heterocycles. The zero-order chi connectivity index (χ0) is 29.5. The Kier molecular flexibility index (Phi) is 9.48. The fourth-order valence-corrected chi connectivity index (χ4v) is 5.92. The first kappa shape index (κ1) is 29.3. The molecule has 0 aromatic heterocycles. The van der Waals surface area contributed by atoms with E-state index in [2.05, 4.69) is 5.32 Å². The summed E-state index contributed by atoms with van der Waals surface area (Å²) in [6, 6.07) is 22.1. The minimum atomic E-state index is -1.03. The van der Waals surface area contributed by atoms with E-state index in [1.165, 1.54) is 24.3 Å². The molecule has 1 aliphatic carbocycles. The second-order valence-electron chi connectivity index (χ2n) is 10.9. The summed E-state index contributed by atoms with van der Waals surface area (Å²) < 4.78 is 18.9. The molecule has 2 fully saturated rings. The maximum absolute atomic E-state index is 13.5. The quantitative estimate of drug-likeness (QED) is 0.401. The van der Waals surface area contributed by atoms with Crippen LogP contribution in [0.5, 0.6) is 0 Å². The number of carbonyl (C=O) groups excluding carboxylic acids is 3. The third kappa shape index (κ3) is 6.97. The molecule has 0 bridgehead atoms. The van der Waals surface area contributed by atoms with Crippen molar-refractivity contribution >= 4 is 23.5 Å². The minimum Gasteiger partial charge on any atom is -0.378 e. The van der Waals surface area contributed by atoms with E-state index in [1.54, 1.807) is 4.90 Å². The molecule has 3 N–H and O–H groups in total. The van der Waals surface area contributed by atoms with Crippen molar-refractivity contribution in [1.82, 2.24) is 10.2 Å². The van der Waals surface area contributed by atoms with Gasteiger partial charge in [-0.25, -0.2) is 9.18 Å². The number of hydrogen-bond acceptors (Lipinski definition) is 4. The van der Waals surface area contributed by atoms with Crippen molar-refractivity contribution in [2.24, 2.45) is 11.7 Å². The second-order valence-corrected chi connectivity index (χ2v) is 10.9. The van der Waals surface area contributed by atoms with Crippen LogP contribution in [0.4, 0.5) is 14.9 Å². The number of urea groups is 1. The zero-order valence-electron chi connectivity index (χ0n) is 23.6. The highest BCUT2D eigenvalue weighted by Gasteiger charge is 2.34. The van der Waals surface area contributed by atoms with Gasteiger partial charge in [-0.1, -0.05) is 67.4 Å². The third-order valence-corrected chi connectivity index (χ3v) is 8.21. The van der Waals surface area contributed by atoms with Crippen LogP contribution in [-0.2, 0) is 20.9 Å². The van der Waals surface area contributed by atoms with Gasteiger partial charge >= 0.3 is 6.03 Å². The molecule has 5 rings (SSSR count). The van der Waals surface area contributed by atoms with Crippen LogP contribution in [0.3, 0.4) is 0 Å². The predicted octanol–water partition coefficient (Wildman–Crippen LogP) is 4.90. The van der Waals surface area contributed by atoms with Crippen LogP contribution in [0.25, 0.3) is 0 Å². The topological polar surface area (TPSA) is 105 Å². The lowest BCUT2D eigenvalue weighted by atomic mass is 9.74. The summed E-state index contributed by atoms with van der Waals surface area (Å²) >= 11 is 0. The van der Waals surface area contributed by atoms with E-state index in [-0.39, 0.29) is 23.8 Å². The second kappa shape index (κ2) is 13.6. The van der Waals surface area contributed by atoms with Gasteiger partial charge in [-0.3, -0.25) is 14.5 Å². The lowest BCUT2D eigenvalue weighted by molar-refractivity contribution is -0.131. The van der Waals surface area contributed by atoms with Gasteiger partial charge in [0.05, 0.1) is 19.8 Å². The Morgan fingerprint density at radius 1 is 0.929 bits per heavy atom. The number of ether oxygens (including phenoxy) is 1. The van der Waals surface area contributed by atoms with Crippen LogP contribution >= 0.6 is 0 Å². The Morgan fingerprint density at radius 2 is 1.60 bits per heavy atom. The van der Waals surface area contributed by atoms with Crippen LogP contribution < -0.4 is 16.0 Å². The molecule has 8 nitrogen and oxygen atoms in total. The first-order valence-corrected chi connectivity index (χ1v) is 14.5. The predicted molar refractivity (Wildman–Crippen MR) is 158 cm³/mol. The molecule has 0 spiro atoms. The Labute approximate surface area is 245 Å². The molecule has 0 radical (unpaired) electrons. The number of benzene rings is 3. The SMILES string of the molecule is NC(=O)[C@@H](NC(=O)[C@@H]1CCCC[C@H]1c1ccc(CN(C(=O)N2CCOCC2)c2ccccc2)cc1)c1ccc(F)cc1. The zero-order valence-corrected chi connectivity index (χ0v) is 23.6. The summed E-state index contributed by atoms with van der Waals surface area (Å²) in [4.78, 5) is 42.8. The van der Waals surface area contributed by atoms with E-state index < -0.39 is 17.8 Å². The molecule has 3 atom stereocenters. The molecule has 1 aliphatic heterocycles. The molecule has 4 amide bonds. The number of nitrogens with zero attached hydrogens (tertiary/aromatic N) is 2. The molecular weight excluding hydrogens is 535 g/mol. The maximum Gasteiger partial charge on any atom is 0.324 e. The largest absolute Gasteiger partial charge is 0.378 e. The summed E-state index contributed by atoms with van der Waals surface area (Å²) in [5, 5.41) is 2.83. The summed E-state index contributed by atoms with van der Waals surface area (Å²) in [6.07, 6.45) is 3.47. The number of anilines is 1. The van der Waals surface area contributed by atoms with E-state index in [0.717, 1.165) is 36.1 Å². The number of amides is 4. The minimum absolute atomic E-state index is 0.0187. The summed E-state index contributed by atoms with van der Waals surface area (Å²) in [7, 11) is 0. The average Bonchev–Trinajstić information content (AvgIpc) is 3.03. The number of rotatable bonds is 8. The lowest BCUT2D eigenvalue weighted by Crippen LogP contribution is -2.48. The molecule has 1 saturated heterocycles.